The third-order valence-corrected chi connectivity index (χ3v) is 3.38. The molecule has 1 atom stereocenters. The fourth-order valence-corrected chi connectivity index (χ4v) is 1.96. The molecule has 1 unspecified atom stereocenters. The summed E-state index contributed by atoms with van der Waals surface area (Å²) in [6.45, 7) is 6.26. The Morgan fingerprint density at radius 3 is 2.69 bits per heavy atom. The average Bonchev–Trinajstić information content (AvgIpc) is 2.24. The standard InChI is InChI=1S/C12H21BrO3/c1-3-11(10(14)5-4-6-13)16-9-12(2)7-15-8-12/h11H,3-9H2,1-2H3. The molecule has 0 saturated carbocycles. The molecule has 0 N–H and O–H groups in total. The number of Topliss-reactive ketones (excluding diaryl/α,β-unsaturated/α-hetero) is 1. The Morgan fingerprint density at radius 1 is 1.56 bits per heavy atom. The Kier molecular flexibility index (Phi) is 5.94. The van der Waals surface area contributed by atoms with Gasteiger partial charge in [-0.2, -0.15) is 0 Å². The highest BCUT2D eigenvalue weighted by molar-refractivity contribution is 9.09. The molecule has 0 radical (unpaired) electrons. The molecule has 1 fully saturated rings. The molecule has 0 aromatic heterocycles. The Labute approximate surface area is 106 Å². The lowest BCUT2D eigenvalue weighted by Crippen LogP contribution is -2.45. The molecule has 3 nitrogen and oxygen atoms in total. The van der Waals surface area contributed by atoms with Crippen molar-refractivity contribution in [2.24, 2.45) is 5.41 Å². The van der Waals surface area contributed by atoms with Crippen LogP contribution >= 0.6 is 15.9 Å². The lowest BCUT2D eigenvalue weighted by molar-refractivity contribution is -0.158. The molecule has 0 aromatic carbocycles. The molecule has 0 spiro atoms. The first-order chi connectivity index (χ1) is 7.61. The van der Waals surface area contributed by atoms with Gasteiger partial charge < -0.3 is 9.47 Å². The number of halogens is 1. The second-order valence-corrected chi connectivity index (χ2v) is 5.56. The van der Waals surface area contributed by atoms with Gasteiger partial charge in [-0.15, -0.1) is 0 Å². The van der Waals surface area contributed by atoms with E-state index in [0.717, 1.165) is 31.4 Å². The molecule has 0 bridgehead atoms. The summed E-state index contributed by atoms with van der Waals surface area (Å²) in [5.41, 5.74) is 0.128. The summed E-state index contributed by atoms with van der Waals surface area (Å²) in [4.78, 5) is 11.8. The van der Waals surface area contributed by atoms with Crippen LogP contribution in [-0.4, -0.2) is 37.0 Å². The van der Waals surface area contributed by atoms with E-state index in [4.69, 9.17) is 9.47 Å². The minimum atomic E-state index is -0.225. The first kappa shape index (κ1) is 14.1. The van der Waals surface area contributed by atoms with Gasteiger partial charge >= 0.3 is 0 Å². The van der Waals surface area contributed by atoms with E-state index in [2.05, 4.69) is 22.9 Å². The molecule has 1 aliphatic rings. The van der Waals surface area contributed by atoms with Crippen LogP contribution in [0.2, 0.25) is 0 Å². The topological polar surface area (TPSA) is 35.5 Å². The van der Waals surface area contributed by atoms with E-state index in [1.807, 2.05) is 6.92 Å². The van der Waals surface area contributed by atoms with Crippen molar-refractivity contribution in [3.8, 4) is 0 Å². The average molecular weight is 293 g/mol. The lowest BCUT2D eigenvalue weighted by Gasteiger charge is -2.38. The van der Waals surface area contributed by atoms with E-state index in [-0.39, 0.29) is 17.3 Å². The quantitative estimate of drug-likeness (QED) is 0.645. The maximum Gasteiger partial charge on any atom is 0.161 e. The smallest absolute Gasteiger partial charge is 0.161 e. The van der Waals surface area contributed by atoms with Gasteiger partial charge in [-0.3, -0.25) is 4.79 Å². The Bertz CT molecular complexity index is 226. The Hall–Kier alpha value is 0.0700. The molecule has 1 heterocycles. The Balaban J connectivity index is 2.27. The third kappa shape index (κ3) is 4.15. The largest absolute Gasteiger partial charge is 0.380 e. The molecule has 16 heavy (non-hydrogen) atoms. The molecule has 4 heteroatoms. The van der Waals surface area contributed by atoms with Crippen LogP contribution < -0.4 is 0 Å². The minimum Gasteiger partial charge on any atom is -0.380 e. The van der Waals surface area contributed by atoms with Crippen LogP contribution in [0.4, 0.5) is 0 Å². The van der Waals surface area contributed by atoms with Gasteiger partial charge in [0.25, 0.3) is 0 Å². The van der Waals surface area contributed by atoms with Crippen LogP contribution in [0.25, 0.3) is 0 Å². The summed E-state index contributed by atoms with van der Waals surface area (Å²) in [7, 11) is 0. The minimum absolute atomic E-state index is 0.128. The normalized spacial score (nSPS) is 20.2. The van der Waals surface area contributed by atoms with Gasteiger partial charge in [0.05, 0.1) is 19.8 Å². The molecule has 94 valence electrons. The van der Waals surface area contributed by atoms with Crippen LogP contribution in [0.15, 0.2) is 0 Å². The van der Waals surface area contributed by atoms with Crippen molar-refractivity contribution in [3.05, 3.63) is 0 Å². The van der Waals surface area contributed by atoms with Crippen LogP contribution in [0.3, 0.4) is 0 Å². The van der Waals surface area contributed by atoms with Gasteiger partial charge in [0, 0.05) is 17.2 Å². The zero-order valence-corrected chi connectivity index (χ0v) is 11.7. The molecule has 0 amide bonds. The number of carbonyl (C=O) groups is 1. The monoisotopic (exact) mass is 292 g/mol. The van der Waals surface area contributed by atoms with Crippen molar-refractivity contribution in [2.45, 2.75) is 39.2 Å². The second kappa shape index (κ2) is 6.72. The molecule has 0 aromatic rings. The zero-order valence-electron chi connectivity index (χ0n) is 10.1. The SMILES string of the molecule is CCC(OCC1(C)COC1)C(=O)CCCBr. The van der Waals surface area contributed by atoms with E-state index in [9.17, 15) is 4.79 Å². The fourth-order valence-electron chi connectivity index (χ4n) is 1.68. The highest BCUT2D eigenvalue weighted by atomic mass is 79.9. The number of hydrogen-bond acceptors (Lipinski definition) is 3. The summed E-state index contributed by atoms with van der Waals surface area (Å²) < 4.78 is 10.9. The first-order valence-corrected chi connectivity index (χ1v) is 7.01. The number of ether oxygens (including phenoxy) is 2. The summed E-state index contributed by atoms with van der Waals surface area (Å²) in [6.07, 6.45) is 2.03. The molecule has 1 rings (SSSR count). The highest BCUT2D eigenvalue weighted by Crippen LogP contribution is 2.27. The molecule has 1 aliphatic heterocycles. The number of carbonyl (C=O) groups excluding carboxylic acids is 1. The summed E-state index contributed by atoms with van der Waals surface area (Å²) in [6, 6.07) is 0. The predicted octanol–water partition coefficient (Wildman–Crippen LogP) is 2.56. The summed E-state index contributed by atoms with van der Waals surface area (Å²) in [5, 5.41) is 0.876. The summed E-state index contributed by atoms with van der Waals surface area (Å²) >= 11 is 3.33. The zero-order chi connectivity index (χ0) is 12.0. The first-order valence-electron chi connectivity index (χ1n) is 5.89. The number of rotatable bonds is 8. The van der Waals surface area contributed by atoms with Gasteiger partial charge in [-0.25, -0.2) is 0 Å². The van der Waals surface area contributed by atoms with Gasteiger partial charge in [0.15, 0.2) is 5.78 Å². The summed E-state index contributed by atoms with van der Waals surface area (Å²) in [5.74, 6) is 0.228. The third-order valence-electron chi connectivity index (χ3n) is 2.82. The van der Waals surface area contributed by atoms with Crippen molar-refractivity contribution in [1.29, 1.82) is 0 Å². The Morgan fingerprint density at radius 2 is 2.25 bits per heavy atom. The van der Waals surface area contributed by atoms with Crippen molar-refractivity contribution >= 4 is 21.7 Å². The van der Waals surface area contributed by atoms with E-state index >= 15 is 0 Å². The molecular formula is C12H21BrO3. The maximum absolute atomic E-state index is 11.8. The van der Waals surface area contributed by atoms with E-state index in [0.29, 0.717) is 13.0 Å². The van der Waals surface area contributed by atoms with E-state index < -0.39 is 0 Å². The molecule has 1 saturated heterocycles. The highest BCUT2D eigenvalue weighted by Gasteiger charge is 2.34. The van der Waals surface area contributed by atoms with Crippen LogP contribution in [0.1, 0.15) is 33.1 Å². The lowest BCUT2D eigenvalue weighted by atomic mass is 9.90. The van der Waals surface area contributed by atoms with Crippen LogP contribution in [-0.2, 0) is 14.3 Å². The van der Waals surface area contributed by atoms with Crippen molar-refractivity contribution in [1.82, 2.24) is 0 Å². The van der Waals surface area contributed by atoms with Crippen molar-refractivity contribution in [2.75, 3.05) is 25.2 Å². The number of hydrogen-bond donors (Lipinski definition) is 0. The van der Waals surface area contributed by atoms with E-state index in [1.54, 1.807) is 0 Å². The maximum atomic E-state index is 11.8. The van der Waals surface area contributed by atoms with Crippen LogP contribution in [0.5, 0.6) is 0 Å². The van der Waals surface area contributed by atoms with E-state index in [1.165, 1.54) is 0 Å². The number of alkyl halides is 1. The fraction of sp³-hybridized carbons (Fsp3) is 0.917. The van der Waals surface area contributed by atoms with Gasteiger partial charge in [0.2, 0.25) is 0 Å². The van der Waals surface area contributed by atoms with Gasteiger partial charge in [-0.05, 0) is 12.8 Å². The van der Waals surface area contributed by atoms with Crippen LogP contribution in [0, 0.1) is 5.41 Å². The molecule has 0 aliphatic carbocycles. The van der Waals surface area contributed by atoms with Crippen molar-refractivity contribution < 1.29 is 14.3 Å². The molecular weight excluding hydrogens is 272 g/mol. The predicted molar refractivity (Wildman–Crippen MR) is 67.0 cm³/mol. The van der Waals surface area contributed by atoms with Crippen molar-refractivity contribution in [3.63, 3.8) is 0 Å². The van der Waals surface area contributed by atoms with Gasteiger partial charge in [-0.1, -0.05) is 29.8 Å². The second-order valence-electron chi connectivity index (χ2n) is 4.77. The number of ketones is 1. The van der Waals surface area contributed by atoms with Gasteiger partial charge in [0.1, 0.15) is 6.10 Å².